The second-order valence-electron chi connectivity index (χ2n) is 2.94. The first-order valence-electron chi connectivity index (χ1n) is 4.20. The van der Waals surface area contributed by atoms with E-state index in [1.54, 1.807) is 6.92 Å². The van der Waals surface area contributed by atoms with E-state index in [2.05, 4.69) is 5.92 Å². The number of benzene rings is 1. The van der Waals surface area contributed by atoms with Gasteiger partial charge in [0.15, 0.2) is 6.10 Å². The number of non-ortho nitro benzene ring substituents is 1. The second-order valence-corrected chi connectivity index (χ2v) is 2.94. The molecule has 1 rings (SSSR count). The standard InChI is InChI=1S/C10H10N2O3/c1-3-7(2)15-10-5-8(11)4-9(6-10)12(13)14/h1,4-7H,11H2,2H3. The van der Waals surface area contributed by atoms with E-state index in [0.29, 0.717) is 5.75 Å². The van der Waals surface area contributed by atoms with Crippen LogP contribution < -0.4 is 10.5 Å². The SMILES string of the molecule is C#CC(C)Oc1cc(N)cc([N+](=O)[O-])c1. The monoisotopic (exact) mass is 206 g/mol. The first kappa shape index (κ1) is 10.9. The molecule has 0 spiro atoms. The lowest BCUT2D eigenvalue weighted by atomic mass is 10.2. The average molecular weight is 206 g/mol. The summed E-state index contributed by atoms with van der Waals surface area (Å²) in [4.78, 5) is 9.98. The van der Waals surface area contributed by atoms with Crippen molar-refractivity contribution in [3.63, 3.8) is 0 Å². The molecule has 1 aromatic rings. The lowest BCUT2D eigenvalue weighted by Crippen LogP contribution is -2.08. The smallest absolute Gasteiger partial charge is 0.275 e. The van der Waals surface area contributed by atoms with Crippen molar-refractivity contribution in [1.82, 2.24) is 0 Å². The molecule has 78 valence electrons. The molecule has 5 nitrogen and oxygen atoms in total. The molecule has 1 unspecified atom stereocenters. The fourth-order valence-corrected chi connectivity index (χ4v) is 1.02. The summed E-state index contributed by atoms with van der Waals surface area (Å²) >= 11 is 0. The highest BCUT2D eigenvalue weighted by Crippen LogP contribution is 2.24. The highest BCUT2D eigenvalue weighted by Gasteiger charge is 2.10. The number of nitrogens with zero attached hydrogens (tertiary/aromatic N) is 1. The molecule has 0 aromatic heterocycles. The zero-order valence-electron chi connectivity index (χ0n) is 8.14. The van der Waals surface area contributed by atoms with Gasteiger partial charge in [0.2, 0.25) is 0 Å². The summed E-state index contributed by atoms with van der Waals surface area (Å²) in [5, 5.41) is 10.5. The fraction of sp³-hybridized carbons (Fsp3) is 0.200. The summed E-state index contributed by atoms with van der Waals surface area (Å²) in [5.74, 6) is 2.65. The normalized spacial score (nSPS) is 11.5. The molecule has 15 heavy (non-hydrogen) atoms. The topological polar surface area (TPSA) is 78.4 Å². The number of nitro benzene ring substituents is 1. The Balaban J connectivity index is 3.00. The number of hydrogen-bond donors (Lipinski definition) is 1. The Kier molecular flexibility index (Phi) is 3.13. The summed E-state index contributed by atoms with van der Waals surface area (Å²) in [6.45, 7) is 1.66. The van der Waals surface area contributed by atoms with E-state index in [9.17, 15) is 10.1 Å². The number of ether oxygens (including phenoxy) is 1. The van der Waals surface area contributed by atoms with Gasteiger partial charge >= 0.3 is 0 Å². The van der Waals surface area contributed by atoms with Crippen LogP contribution in [0, 0.1) is 22.5 Å². The maximum Gasteiger partial charge on any atom is 0.275 e. The molecule has 1 atom stereocenters. The zero-order chi connectivity index (χ0) is 11.4. The molecule has 0 bridgehead atoms. The highest BCUT2D eigenvalue weighted by molar-refractivity contribution is 5.53. The van der Waals surface area contributed by atoms with Crippen LogP contribution in [-0.2, 0) is 0 Å². The third-order valence-electron chi connectivity index (χ3n) is 1.67. The van der Waals surface area contributed by atoms with Crippen LogP contribution in [-0.4, -0.2) is 11.0 Å². The van der Waals surface area contributed by atoms with Crippen LogP contribution in [0.4, 0.5) is 11.4 Å². The second kappa shape index (κ2) is 4.33. The summed E-state index contributed by atoms with van der Waals surface area (Å²) in [7, 11) is 0. The Morgan fingerprint density at radius 3 is 2.80 bits per heavy atom. The van der Waals surface area contributed by atoms with Gasteiger partial charge < -0.3 is 10.5 Å². The Morgan fingerprint density at radius 1 is 1.60 bits per heavy atom. The minimum absolute atomic E-state index is 0.116. The van der Waals surface area contributed by atoms with Crippen molar-refractivity contribution in [1.29, 1.82) is 0 Å². The van der Waals surface area contributed by atoms with Crippen molar-refractivity contribution in [2.45, 2.75) is 13.0 Å². The predicted octanol–water partition coefficient (Wildman–Crippen LogP) is 1.58. The van der Waals surface area contributed by atoms with E-state index in [-0.39, 0.29) is 11.4 Å². The predicted molar refractivity (Wildman–Crippen MR) is 56.4 cm³/mol. The van der Waals surface area contributed by atoms with Gasteiger partial charge in [0.05, 0.1) is 11.0 Å². The molecule has 0 aliphatic carbocycles. The van der Waals surface area contributed by atoms with Crippen LogP contribution in [0.15, 0.2) is 18.2 Å². The van der Waals surface area contributed by atoms with E-state index in [0.717, 1.165) is 0 Å². The molecule has 0 aliphatic heterocycles. The maximum atomic E-state index is 10.5. The minimum Gasteiger partial charge on any atom is -0.478 e. The molecular weight excluding hydrogens is 196 g/mol. The Bertz CT molecular complexity index is 423. The molecule has 0 saturated heterocycles. The van der Waals surface area contributed by atoms with Crippen molar-refractivity contribution in [3.05, 3.63) is 28.3 Å². The van der Waals surface area contributed by atoms with E-state index in [1.165, 1.54) is 18.2 Å². The first-order chi connectivity index (χ1) is 7.02. The van der Waals surface area contributed by atoms with Crippen molar-refractivity contribution in [2.75, 3.05) is 5.73 Å². The van der Waals surface area contributed by atoms with Gasteiger partial charge in [0.25, 0.3) is 5.69 Å². The number of nitrogens with two attached hydrogens (primary N) is 1. The Hall–Kier alpha value is -2.22. The molecule has 1 aromatic carbocycles. The third kappa shape index (κ3) is 2.88. The first-order valence-corrected chi connectivity index (χ1v) is 4.20. The van der Waals surface area contributed by atoms with Gasteiger partial charge in [-0.15, -0.1) is 6.42 Å². The molecule has 0 saturated carbocycles. The fourth-order valence-electron chi connectivity index (χ4n) is 1.02. The van der Waals surface area contributed by atoms with E-state index >= 15 is 0 Å². The summed E-state index contributed by atoms with van der Waals surface area (Å²) in [6.07, 6.45) is 4.66. The van der Waals surface area contributed by atoms with Crippen LogP contribution in [0.1, 0.15) is 6.92 Å². The van der Waals surface area contributed by atoms with Crippen molar-refractivity contribution >= 4 is 11.4 Å². The molecule has 0 fully saturated rings. The summed E-state index contributed by atoms with van der Waals surface area (Å²) < 4.78 is 5.21. The largest absolute Gasteiger partial charge is 0.478 e. The number of nitro groups is 1. The quantitative estimate of drug-likeness (QED) is 0.352. The van der Waals surface area contributed by atoms with Crippen molar-refractivity contribution < 1.29 is 9.66 Å². The third-order valence-corrected chi connectivity index (χ3v) is 1.67. The van der Waals surface area contributed by atoms with Gasteiger partial charge in [-0.3, -0.25) is 10.1 Å². The van der Waals surface area contributed by atoms with Crippen molar-refractivity contribution in [2.24, 2.45) is 0 Å². The van der Waals surface area contributed by atoms with Crippen LogP contribution in [0.5, 0.6) is 5.75 Å². The number of hydrogen-bond acceptors (Lipinski definition) is 4. The highest BCUT2D eigenvalue weighted by atomic mass is 16.6. The van der Waals surface area contributed by atoms with Gasteiger partial charge in [0, 0.05) is 17.8 Å². The van der Waals surface area contributed by atoms with E-state index in [1.807, 2.05) is 0 Å². The Labute approximate surface area is 87.0 Å². The van der Waals surface area contributed by atoms with Gasteiger partial charge in [0.1, 0.15) is 5.75 Å². The summed E-state index contributed by atoms with van der Waals surface area (Å²) in [6, 6.07) is 4.03. The summed E-state index contributed by atoms with van der Waals surface area (Å²) in [5.41, 5.74) is 5.63. The number of nitrogen functional groups attached to an aromatic ring is 1. The number of terminal acetylenes is 1. The number of anilines is 1. The molecule has 5 heteroatoms. The minimum atomic E-state index is -0.538. The van der Waals surface area contributed by atoms with Gasteiger partial charge in [-0.05, 0) is 6.92 Å². The lowest BCUT2D eigenvalue weighted by Gasteiger charge is -2.08. The van der Waals surface area contributed by atoms with Crippen LogP contribution >= 0.6 is 0 Å². The average Bonchev–Trinajstić information content (AvgIpc) is 2.16. The molecule has 0 radical (unpaired) electrons. The van der Waals surface area contributed by atoms with Crippen LogP contribution in [0.25, 0.3) is 0 Å². The maximum absolute atomic E-state index is 10.5. The zero-order valence-corrected chi connectivity index (χ0v) is 8.14. The molecule has 0 heterocycles. The van der Waals surface area contributed by atoms with E-state index < -0.39 is 11.0 Å². The molecular formula is C10H10N2O3. The van der Waals surface area contributed by atoms with Gasteiger partial charge in [-0.2, -0.15) is 0 Å². The Morgan fingerprint density at radius 2 is 2.27 bits per heavy atom. The van der Waals surface area contributed by atoms with Crippen LogP contribution in [0.2, 0.25) is 0 Å². The van der Waals surface area contributed by atoms with Crippen molar-refractivity contribution in [3.8, 4) is 18.1 Å². The van der Waals surface area contributed by atoms with Gasteiger partial charge in [-0.25, -0.2) is 0 Å². The molecule has 0 aliphatic rings. The molecule has 0 amide bonds. The van der Waals surface area contributed by atoms with Gasteiger partial charge in [-0.1, -0.05) is 5.92 Å². The number of rotatable bonds is 3. The molecule has 2 N–H and O–H groups in total. The van der Waals surface area contributed by atoms with E-state index in [4.69, 9.17) is 16.9 Å². The van der Waals surface area contributed by atoms with Crippen LogP contribution in [0.3, 0.4) is 0 Å². The lowest BCUT2D eigenvalue weighted by molar-refractivity contribution is -0.384.